The van der Waals surface area contributed by atoms with Crippen LogP contribution >= 0.6 is 0 Å². The molecule has 0 spiro atoms. The minimum absolute atomic E-state index is 0.265. The lowest BCUT2D eigenvalue weighted by atomic mass is 10.1. The Morgan fingerprint density at radius 2 is 2.08 bits per heavy atom. The number of carbonyl (C=O) groups excluding carboxylic acids is 3. The first kappa shape index (κ1) is 19.9. The van der Waals surface area contributed by atoms with Gasteiger partial charge >= 0.3 is 12.0 Å². The first-order valence-corrected chi connectivity index (χ1v) is 7.34. The number of nitrogens with two attached hydrogens (primary N) is 1. The molecule has 0 radical (unpaired) electrons. The molecule has 9 nitrogen and oxygen atoms in total. The third-order valence-electron chi connectivity index (χ3n) is 3.37. The van der Waals surface area contributed by atoms with Crippen molar-refractivity contribution in [3.8, 4) is 6.07 Å². The van der Waals surface area contributed by atoms with Gasteiger partial charge in [-0.2, -0.15) is 5.26 Å². The van der Waals surface area contributed by atoms with Crippen LogP contribution in [0, 0.1) is 25.2 Å². The van der Waals surface area contributed by atoms with Crippen LogP contribution in [0.1, 0.15) is 17.0 Å². The lowest BCUT2D eigenvalue weighted by molar-refractivity contribution is -0.144. The van der Waals surface area contributed by atoms with Crippen molar-refractivity contribution < 1.29 is 23.9 Å². The number of primary amides is 1. The number of esters is 1. The Bertz CT molecular complexity index is 742. The summed E-state index contributed by atoms with van der Waals surface area (Å²) < 4.78 is 11.7. The first-order chi connectivity index (χ1) is 11.8. The number of hydrogen-bond acceptors (Lipinski definition) is 6. The number of rotatable bonds is 7. The van der Waals surface area contributed by atoms with Gasteiger partial charge in [0.2, 0.25) is 0 Å². The normalized spacial score (nSPS) is 10.9. The second-order valence-electron chi connectivity index (χ2n) is 5.13. The molecule has 1 aromatic rings. The van der Waals surface area contributed by atoms with Gasteiger partial charge in [0.25, 0.3) is 5.91 Å². The minimum atomic E-state index is -1.06. The zero-order valence-corrected chi connectivity index (χ0v) is 14.3. The number of nitrogens with zero attached hydrogens (tertiary/aromatic N) is 2. The fraction of sp³-hybridized carbons (Fsp3) is 0.375. The largest absolute Gasteiger partial charge is 0.451 e. The Labute approximate surface area is 145 Å². The van der Waals surface area contributed by atoms with Crippen molar-refractivity contribution >= 4 is 24.0 Å². The molecule has 3 N–H and O–H groups in total. The third kappa shape index (κ3) is 5.78. The number of amides is 3. The van der Waals surface area contributed by atoms with Crippen LogP contribution < -0.4 is 11.1 Å². The smallest absolute Gasteiger partial charge is 0.349 e. The number of hydrogen-bond donors (Lipinski definition) is 2. The van der Waals surface area contributed by atoms with Crippen LogP contribution in [0.25, 0.3) is 6.08 Å². The van der Waals surface area contributed by atoms with Gasteiger partial charge in [-0.3, -0.25) is 10.1 Å². The average Bonchev–Trinajstić information content (AvgIpc) is 2.81. The van der Waals surface area contributed by atoms with Gasteiger partial charge in [0.05, 0.1) is 6.61 Å². The van der Waals surface area contributed by atoms with Crippen LogP contribution in [-0.4, -0.2) is 42.8 Å². The van der Waals surface area contributed by atoms with Gasteiger partial charge < -0.3 is 19.8 Å². The zero-order valence-electron chi connectivity index (χ0n) is 14.3. The molecule has 0 unspecified atom stereocenters. The van der Waals surface area contributed by atoms with E-state index in [1.165, 1.54) is 6.08 Å². The molecule has 0 saturated carbocycles. The average molecular weight is 348 g/mol. The van der Waals surface area contributed by atoms with Gasteiger partial charge in [-0.05, 0) is 31.6 Å². The molecule has 0 bridgehead atoms. The highest BCUT2D eigenvalue weighted by Gasteiger charge is 2.16. The van der Waals surface area contributed by atoms with Crippen molar-refractivity contribution in [3.05, 3.63) is 28.6 Å². The van der Waals surface area contributed by atoms with Crippen LogP contribution in [0.15, 0.2) is 11.6 Å². The fourth-order valence-corrected chi connectivity index (χ4v) is 2.18. The highest BCUT2D eigenvalue weighted by atomic mass is 16.5. The zero-order chi connectivity index (χ0) is 19.0. The maximum atomic E-state index is 11.9. The van der Waals surface area contributed by atoms with E-state index in [4.69, 9.17) is 20.5 Å². The van der Waals surface area contributed by atoms with Gasteiger partial charge in [0, 0.05) is 25.0 Å². The number of imide groups is 1. The number of aryl methyl sites for hydroxylation is 1. The molecular formula is C16H20N4O5. The lowest BCUT2D eigenvalue weighted by Crippen LogP contribution is -2.37. The second-order valence-corrected chi connectivity index (χ2v) is 5.13. The van der Waals surface area contributed by atoms with Crippen LogP contribution in [0.4, 0.5) is 4.79 Å². The Balaban J connectivity index is 2.89. The fourth-order valence-electron chi connectivity index (χ4n) is 2.18. The summed E-state index contributed by atoms with van der Waals surface area (Å²) in [5.41, 5.74) is 7.00. The standard InChI is InChI=1S/C16H20N4O5/c1-10-6-12(11(2)20(10)4-5-24-3)7-13(8-17)15(22)25-9-14(21)19-16(18)23/h6-7H,4-5,9H2,1-3H3,(H3,18,19,21,23)/b13-7+. The molecule has 1 rings (SSSR count). The SMILES string of the molecule is COCCn1c(C)cc(/C=C(\C#N)C(=O)OCC(=O)NC(N)=O)c1C. The van der Waals surface area contributed by atoms with E-state index in [9.17, 15) is 14.4 Å². The van der Waals surface area contributed by atoms with Gasteiger partial charge in [-0.15, -0.1) is 0 Å². The summed E-state index contributed by atoms with van der Waals surface area (Å²) in [6.07, 6.45) is 1.39. The number of nitrogens with one attached hydrogen (secondary N) is 1. The summed E-state index contributed by atoms with van der Waals surface area (Å²) in [6, 6.07) is 2.52. The van der Waals surface area contributed by atoms with E-state index in [1.807, 2.05) is 24.5 Å². The van der Waals surface area contributed by atoms with Crippen molar-refractivity contribution in [2.75, 3.05) is 20.3 Å². The molecular weight excluding hydrogens is 328 g/mol. The topological polar surface area (TPSA) is 136 Å². The summed E-state index contributed by atoms with van der Waals surface area (Å²) in [5, 5.41) is 10.9. The van der Waals surface area contributed by atoms with Gasteiger partial charge in [0.1, 0.15) is 11.6 Å². The van der Waals surface area contributed by atoms with Crippen molar-refractivity contribution in [2.45, 2.75) is 20.4 Å². The number of nitriles is 1. The van der Waals surface area contributed by atoms with E-state index < -0.39 is 24.5 Å². The van der Waals surface area contributed by atoms with Crippen LogP contribution in [0.2, 0.25) is 0 Å². The van der Waals surface area contributed by atoms with E-state index in [0.29, 0.717) is 18.7 Å². The number of aromatic nitrogens is 1. The maximum absolute atomic E-state index is 11.9. The highest BCUT2D eigenvalue weighted by molar-refractivity contribution is 6.00. The Hall–Kier alpha value is -3.12. The predicted octanol–water partition coefficient (Wildman–Crippen LogP) is 0.396. The van der Waals surface area contributed by atoms with Gasteiger partial charge in [-0.1, -0.05) is 0 Å². The molecule has 0 atom stereocenters. The Morgan fingerprint density at radius 1 is 1.40 bits per heavy atom. The third-order valence-corrected chi connectivity index (χ3v) is 3.37. The van der Waals surface area contributed by atoms with Crippen LogP contribution in [-0.2, 0) is 25.6 Å². The van der Waals surface area contributed by atoms with E-state index >= 15 is 0 Å². The number of methoxy groups -OCH3 is 1. The molecule has 134 valence electrons. The molecule has 0 saturated heterocycles. The molecule has 3 amide bonds. The van der Waals surface area contributed by atoms with E-state index in [1.54, 1.807) is 18.5 Å². The van der Waals surface area contributed by atoms with Crippen molar-refractivity contribution in [3.63, 3.8) is 0 Å². The second kappa shape index (κ2) is 9.24. The predicted molar refractivity (Wildman–Crippen MR) is 88.1 cm³/mol. The van der Waals surface area contributed by atoms with Crippen molar-refractivity contribution in [2.24, 2.45) is 5.73 Å². The monoisotopic (exact) mass is 348 g/mol. The van der Waals surface area contributed by atoms with E-state index in [2.05, 4.69) is 0 Å². The van der Waals surface area contributed by atoms with Crippen molar-refractivity contribution in [1.29, 1.82) is 5.26 Å². The number of carbonyl (C=O) groups is 3. The van der Waals surface area contributed by atoms with E-state index in [0.717, 1.165) is 11.4 Å². The van der Waals surface area contributed by atoms with Gasteiger partial charge in [-0.25, -0.2) is 9.59 Å². The van der Waals surface area contributed by atoms with Crippen LogP contribution in [0.5, 0.6) is 0 Å². The molecule has 25 heavy (non-hydrogen) atoms. The summed E-state index contributed by atoms with van der Waals surface area (Å²) in [7, 11) is 1.60. The molecule has 0 aliphatic rings. The summed E-state index contributed by atoms with van der Waals surface area (Å²) >= 11 is 0. The van der Waals surface area contributed by atoms with Gasteiger partial charge in [0.15, 0.2) is 6.61 Å². The van der Waals surface area contributed by atoms with Crippen LogP contribution in [0.3, 0.4) is 0 Å². The van der Waals surface area contributed by atoms with E-state index in [-0.39, 0.29) is 5.57 Å². The number of urea groups is 1. The molecule has 0 aliphatic carbocycles. The minimum Gasteiger partial charge on any atom is -0.451 e. The summed E-state index contributed by atoms with van der Waals surface area (Å²) in [5.74, 6) is -1.85. The first-order valence-electron chi connectivity index (χ1n) is 7.34. The number of ether oxygens (including phenoxy) is 2. The molecule has 0 fully saturated rings. The summed E-state index contributed by atoms with van der Waals surface area (Å²) in [4.78, 5) is 33.6. The Morgan fingerprint density at radius 3 is 2.64 bits per heavy atom. The quantitative estimate of drug-likeness (QED) is 0.416. The lowest BCUT2D eigenvalue weighted by Gasteiger charge is -2.08. The molecule has 9 heteroatoms. The maximum Gasteiger partial charge on any atom is 0.349 e. The highest BCUT2D eigenvalue weighted by Crippen LogP contribution is 2.18. The van der Waals surface area contributed by atoms with Crippen molar-refractivity contribution in [1.82, 2.24) is 9.88 Å². The molecule has 0 aromatic carbocycles. The molecule has 1 aromatic heterocycles. The molecule has 1 heterocycles. The Kier molecular flexibility index (Phi) is 7.37. The molecule has 0 aliphatic heterocycles. The summed E-state index contributed by atoms with van der Waals surface area (Å²) in [6.45, 7) is 4.21.